The van der Waals surface area contributed by atoms with Crippen molar-refractivity contribution in [1.82, 2.24) is 4.98 Å². The van der Waals surface area contributed by atoms with E-state index >= 15 is 0 Å². The van der Waals surface area contributed by atoms with Gasteiger partial charge in [-0.3, -0.25) is 0 Å². The van der Waals surface area contributed by atoms with E-state index in [2.05, 4.69) is 26.2 Å². The van der Waals surface area contributed by atoms with E-state index in [9.17, 15) is 0 Å². The highest BCUT2D eigenvalue weighted by Gasteiger charge is 2.11. The van der Waals surface area contributed by atoms with Gasteiger partial charge in [-0.05, 0) is 46.3 Å². The van der Waals surface area contributed by atoms with Crippen LogP contribution in [0.3, 0.4) is 0 Å². The lowest BCUT2D eigenvalue weighted by Gasteiger charge is -2.07. The lowest BCUT2D eigenvalue weighted by molar-refractivity contribution is 1.44. The van der Waals surface area contributed by atoms with Crippen molar-refractivity contribution in [2.45, 2.75) is 0 Å². The van der Waals surface area contributed by atoms with E-state index in [1.54, 1.807) is 0 Å². The minimum atomic E-state index is 0.457. The summed E-state index contributed by atoms with van der Waals surface area (Å²) in [5.74, 6) is 0. The molecule has 0 bridgehead atoms. The van der Waals surface area contributed by atoms with Crippen molar-refractivity contribution in [3.8, 4) is 0 Å². The van der Waals surface area contributed by atoms with Gasteiger partial charge in [0.1, 0.15) is 0 Å². The van der Waals surface area contributed by atoms with E-state index in [0.717, 1.165) is 19.8 Å². The van der Waals surface area contributed by atoms with Gasteiger partial charge in [-0.1, -0.05) is 46.1 Å². The van der Waals surface area contributed by atoms with Gasteiger partial charge in [0.05, 0.1) is 25.9 Å². The van der Waals surface area contributed by atoms with Gasteiger partial charge in [-0.2, -0.15) is 0 Å². The van der Waals surface area contributed by atoms with Gasteiger partial charge in [-0.15, -0.1) is 0 Å². The second-order valence-corrected chi connectivity index (χ2v) is 7.06. The summed E-state index contributed by atoms with van der Waals surface area (Å²) in [6.45, 7) is 0. The SMILES string of the molecule is Clc1ccc2sc(Nc3ccc(Br)c(Cl)c3Cl)nc2c1. The molecule has 0 aliphatic rings. The van der Waals surface area contributed by atoms with Crippen LogP contribution in [0.1, 0.15) is 0 Å². The fraction of sp³-hybridized carbons (Fsp3) is 0. The summed E-state index contributed by atoms with van der Waals surface area (Å²) >= 11 is 23.1. The van der Waals surface area contributed by atoms with Gasteiger partial charge >= 0.3 is 0 Å². The number of aromatic nitrogens is 1. The highest BCUT2D eigenvalue weighted by molar-refractivity contribution is 9.10. The molecular formula is C13H6BrCl3N2S. The maximum Gasteiger partial charge on any atom is 0.188 e. The van der Waals surface area contributed by atoms with E-state index in [4.69, 9.17) is 34.8 Å². The molecule has 0 radical (unpaired) electrons. The number of benzene rings is 2. The highest BCUT2D eigenvalue weighted by atomic mass is 79.9. The van der Waals surface area contributed by atoms with Crippen LogP contribution in [0.2, 0.25) is 15.1 Å². The molecule has 2 aromatic carbocycles. The third-order valence-electron chi connectivity index (χ3n) is 2.63. The second-order valence-electron chi connectivity index (χ2n) is 3.98. The molecule has 0 fully saturated rings. The van der Waals surface area contributed by atoms with E-state index in [1.807, 2.05) is 30.3 Å². The van der Waals surface area contributed by atoms with Crippen LogP contribution in [-0.2, 0) is 0 Å². The lowest BCUT2D eigenvalue weighted by atomic mass is 10.3. The van der Waals surface area contributed by atoms with Crippen LogP contribution in [0.25, 0.3) is 10.2 Å². The number of hydrogen-bond donors (Lipinski definition) is 1. The Hall–Kier alpha value is -0.520. The van der Waals surface area contributed by atoms with Crippen molar-refractivity contribution in [2.24, 2.45) is 0 Å². The summed E-state index contributed by atoms with van der Waals surface area (Å²) in [5.41, 5.74) is 1.56. The fourth-order valence-electron chi connectivity index (χ4n) is 1.69. The van der Waals surface area contributed by atoms with Crippen LogP contribution in [-0.4, -0.2) is 4.98 Å². The maximum absolute atomic E-state index is 6.20. The molecule has 0 atom stereocenters. The zero-order chi connectivity index (χ0) is 14.3. The summed E-state index contributed by atoms with van der Waals surface area (Å²) in [6, 6.07) is 9.29. The predicted molar refractivity (Wildman–Crippen MR) is 92.1 cm³/mol. The molecule has 1 aromatic heterocycles. The molecule has 1 heterocycles. The lowest BCUT2D eigenvalue weighted by Crippen LogP contribution is -1.90. The van der Waals surface area contributed by atoms with Crippen LogP contribution >= 0.6 is 62.1 Å². The van der Waals surface area contributed by atoms with Crippen molar-refractivity contribution < 1.29 is 0 Å². The Morgan fingerprint density at radius 2 is 1.85 bits per heavy atom. The number of thiazole rings is 1. The van der Waals surface area contributed by atoms with E-state index in [1.165, 1.54) is 11.3 Å². The zero-order valence-corrected chi connectivity index (χ0v) is 14.4. The molecule has 7 heteroatoms. The number of fused-ring (bicyclic) bond motifs is 1. The average Bonchev–Trinajstić information content (AvgIpc) is 2.81. The van der Waals surface area contributed by atoms with Crippen molar-refractivity contribution in [3.05, 3.63) is 49.9 Å². The first-order chi connectivity index (χ1) is 9.54. The predicted octanol–water partition coefficient (Wildman–Crippen LogP) is 6.76. The van der Waals surface area contributed by atoms with Gasteiger partial charge < -0.3 is 5.32 Å². The summed E-state index contributed by atoms with van der Waals surface area (Å²) in [5, 5.41) is 5.51. The normalized spacial score (nSPS) is 11.0. The monoisotopic (exact) mass is 406 g/mol. The average molecular weight is 409 g/mol. The number of hydrogen-bond acceptors (Lipinski definition) is 3. The van der Waals surface area contributed by atoms with Crippen LogP contribution in [0, 0.1) is 0 Å². The minimum absolute atomic E-state index is 0.457. The summed E-state index contributed by atoms with van der Waals surface area (Å²) in [6.07, 6.45) is 0. The van der Waals surface area contributed by atoms with Crippen molar-refractivity contribution >= 4 is 83.1 Å². The molecule has 0 unspecified atom stereocenters. The van der Waals surface area contributed by atoms with Crippen LogP contribution in [0.15, 0.2) is 34.8 Å². The topological polar surface area (TPSA) is 24.9 Å². The molecule has 0 aliphatic carbocycles. The third kappa shape index (κ3) is 2.76. The molecule has 102 valence electrons. The summed E-state index contributed by atoms with van der Waals surface area (Å²) in [4.78, 5) is 4.47. The van der Waals surface area contributed by atoms with Crippen molar-refractivity contribution in [2.75, 3.05) is 5.32 Å². The Kier molecular flexibility index (Phi) is 4.11. The van der Waals surface area contributed by atoms with Gasteiger partial charge in [0.15, 0.2) is 5.13 Å². The molecule has 20 heavy (non-hydrogen) atoms. The molecular weight excluding hydrogens is 402 g/mol. The van der Waals surface area contributed by atoms with Gasteiger partial charge in [-0.25, -0.2) is 4.98 Å². The third-order valence-corrected chi connectivity index (χ3v) is 5.58. The Morgan fingerprint density at radius 3 is 2.65 bits per heavy atom. The zero-order valence-electron chi connectivity index (χ0n) is 9.75. The van der Waals surface area contributed by atoms with Gasteiger partial charge in [0.25, 0.3) is 0 Å². The molecule has 3 aromatic rings. The Labute approximate surface area is 142 Å². The van der Waals surface area contributed by atoms with E-state index in [0.29, 0.717) is 20.8 Å². The standard InChI is InChI=1S/C13H6BrCl3N2S/c14-7-2-3-8(12(17)11(7)16)18-13-19-9-5-6(15)1-4-10(9)20-13/h1-5H,(H,18,19). The molecule has 0 amide bonds. The number of anilines is 2. The first-order valence-electron chi connectivity index (χ1n) is 5.51. The molecule has 0 spiro atoms. The quantitative estimate of drug-likeness (QED) is 0.474. The molecule has 1 N–H and O–H groups in total. The Balaban J connectivity index is 1.99. The molecule has 3 rings (SSSR count). The Morgan fingerprint density at radius 1 is 1.05 bits per heavy atom. The van der Waals surface area contributed by atoms with Crippen molar-refractivity contribution in [1.29, 1.82) is 0 Å². The van der Waals surface area contributed by atoms with Gasteiger partial charge in [0.2, 0.25) is 0 Å². The van der Waals surface area contributed by atoms with Crippen LogP contribution < -0.4 is 5.32 Å². The first kappa shape index (κ1) is 14.4. The summed E-state index contributed by atoms with van der Waals surface area (Å²) in [7, 11) is 0. The largest absolute Gasteiger partial charge is 0.330 e. The number of nitrogens with zero attached hydrogens (tertiary/aromatic N) is 1. The number of halogens is 4. The van der Waals surface area contributed by atoms with Crippen molar-refractivity contribution in [3.63, 3.8) is 0 Å². The van der Waals surface area contributed by atoms with Crippen LogP contribution in [0.4, 0.5) is 10.8 Å². The van der Waals surface area contributed by atoms with Crippen LogP contribution in [0.5, 0.6) is 0 Å². The Bertz CT molecular complexity index is 804. The summed E-state index contributed by atoms with van der Waals surface area (Å²) < 4.78 is 1.81. The van der Waals surface area contributed by atoms with E-state index in [-0.39, 0.29) is 0 Å². The molecule has 0 saturated carbocycles. The molecule has 2 nitrogen and oxygen atoms in total. The second kappa shape index (κ2) is 5.70. The molecule has 0 aliphatic heterocycles. The highest BCUT2D eigenvalue weighted by Crippen LogP contribution is 2.38. The number of nitrogens with one attached hydrogen (secondary N) is 1. The van der Waals surface area contributed by atoms with E-state index < -0.39 is 0 Å². The fourth-order valence-corrected chi connectivity index (χ4v) is 3.54. The number of rotatable bonds is 2. The smallest absolute Gasteiger partial charge is 0.188 e. The maximum atomic E-state index is 6.20. The first-order valence-corrected chi connectivity index (χ1v) is 8.25. The molecule has 0 saturated heterocycles. The van der Waals surface area contributed by atoms with Gasteiger partial charge in [0, 0.05) is 9.50 Å². The minimum Gasteiger partial charge on any atom is -0.330 e.